The monoisotopic (exact) mass is 512 g/mol. The van der Waals surface area contributed by atoms with Crippen LogP contribution in [0.4, 0.5) is 0 Å². The van der Waals surface area contributed by atoms with Gasteiger partial charge >= 0.3 is 0 Å². The van der Waals surface area contributed by atoms with Gasteiger partial charge in [0, 0.05) is 17.0 Å². The number of rotatable bonds is 11. The van der Waals surface area contributed by atoms with Crippen molar-refractivity contribution in [1.82, 2.24) is 20.1 Å². The van der Waals surface area contributed by atoms with Gasteiger partial charge in [0.25, 0.3) is 5.91 Å². The number of amides is 1. The van der Waals surface area contributed by atoms with Gasteiger partial charge in [-0.1, -0.05) is 85.6 Å². The van der Waals surface area contributed by atoms with Crippen molar-refractivity contribution in [3.63, 3.8) is 0 Å². The SMILES string of the molecule is CCCCCc1ccc(C(=O)NC(C)c2nnc(SCc3ccccc3C)n2-c2ccc(C)cc2)cc1. The van der Waals surface area contributed by atoms with Crippen LogP contribution in [0.3, 0.4) is 0 Å². The fraction of sp³-hybridized carbons (Fsp3) is 0.323. The Bertz CT molecular complexity index is 1310. The third-order valence-corrected chi connectivity index (χ3v) is 7.57. The molecular weight excluding hydrogens is 476 g/mol. The Hall–Kier alpha value is -3.38. The molecule has 1 atom stereocenters. The molecule has 0 aliphatic heterocycles. The zero-order valence-corrected chi connectivity index (χ0v) is 23.0. The molecule has 3 aromatic carbocycles. The minimum Gasteiger partial charge on any atom is -0.342 e. The minimum absolute atomic E-state index is 0.111. The first-order valence-electron chi connectivity index (χ1n) is 13.1. The van der Waals surface area contributed by atoms with Gasteiger partial charge in [-0.3, -0.25) is 9.36 Å². The number of aryl methyl sites for hydroxylation is 3. The van der Waals surface area contributed by atoms with Gasteiger partial charge < -0.3 is 5.32 Å². The number of thioether (sulfide) groups is 1. The first kappa shape index (κ1) is 26.7. The van der Waals surface area contributed by atoms with Crippen molar-refractivity contribution in [2.75, 3.05) is 0 Å². The van der Waals surface area contributed by atoms with E-state index in [0.717, 1.165) is 23.0 Å². The lowest BCUT2D eigenvalue weighted by Gasteiger charge is -2.17. The van der Waals surface area contributed by atoms with E-state index in [1.165, 1.54) is 41.5 Å². The summed E-state index contributed by atoms with van der Waals surface area (Å²) in [5, 5.41) is 13.0. The zero-order chi connectivity index (χ0) is 26.2. The number of nitrogens with zero attached hydrogens (tertiary/aromatic N) is 3. The molecule has 0 saturated carbocycles. The molecule has 1 N–H and O–H groups in total. The Kier molecular flexibility index (Phi) is 9.18. The summed E-state index contributed by atoms with van der Waals surface area (Å²) in [4.78, 5) is 13.1. The molecule has 37 heavy (non-hydrogen) atoms. The molecule has 0 aliphatic rings. The highest BCUT2D eigenvalue weighted by atomic mass is 32.2. The van der Waals surface area contributed by atoms with E-state index in [1.54, 1.807) is 11.8 Å². The molecule has 0 fully saturated rings. The average molecular weight is 513 g/mol. The molecule has 5 nitrogen and oxygen atoms in total. The summed E-state index contributed by atoms with van der Waals surface area (Å²) in [7, 11) is 0. The van der Waals surface area contributed by atoms with Crippen LogP contribution in [0.2, 0.25) is 0 Å². The summed E-state index contributed by atoms with van der Waals surface area (Å²) < 4.78 is 2.06. The van der Waals surface area contributed by atoms with Crippen LogP contribution in [0.25, 0.3) is 5.69 Å². The van der Waals surface area contributed by atoms with Crippen LogP contribution in [-0.4, -0.2) is 20.7 Å². The summed E-state index contributed by atoms with van der Waals surface area (Å²) in [6.45, 7) is 8.37. The number of aromatic nitrogens is 3. The molecule has 1 heterocycles. The molecule has 4 aromatic rings. The van der Waals surface area contributed by atoms with Crippen molar-refractivity contribution >= 4 is 17.7 Å². The Balaban J connectivity index is 1.53. The van der Waals surface area contributed by atoms with E-state index in [0.29, 0.717) is 11.4 Å². The van der Waals surface area contributed by atoms with Crippen LogP contribution in [-0.2, 0) is 12.2 Å². The van der Waals surface area contributed by atoms with Gasteiger partial charge in [0.2, 0.25) is 0 Å². The molecule has 192 valence electrons. The fourth-order valence-electron chi connectivity index (χ4n) is 4.25. The Morgan fingerprint density at radius 2 is 1.68 bits per heavy atom. The molecule has 0 radical (unpaired) electrons. The molecule has 1 aromatic heterocycles. The second-order valence-electron chi connectivity index (χ2n) is 9.58. The highest BCUT2D eigenvalue weighted by molar-refractivity contribution is 7.98. The number of benzene rings is 3. The highest BCUT2D eigenvalue weighted by Gasteiger charge is 2.22. The summed E-state index contributed by atoms with van der Waals surface area (Å²) in [6, 6.07) is 24.3. The molecular formula is C31H36N4OS. The number of carbonyl (C=O) groups is 1. The lowest BCUT2D eigenvalue weighted by molar-refractivity contribution is 0.0938. The van der Waals surface area contributed by atoms with E-state index in [9.17, 15) is 4.79 Å². The normalized spacial score (nSPS) is 11.9. The number of nitrogens with one attached hydrogen (secondary N) is 1. The van der Waals surface area contributed by atoms with Crippen molar-refractivity contribution in [2.24, 2.45) is 0 Å². The van der Waals surface area contributed by atoms with E-state index in [1.807, 2.05) is 19.1 Å². The summed E-state index contributed by atoms with van der Waals surface area (Å²) in [5.74, 6) is 1.39. The van der Waals surface area contributed by atoms with E-state index in [4.69, 9.17) is 0 Å². The molecule has 0 bridgehead atoms. The molecule has 4 rings (SSSR count). The minimum atomic E-state index is -0.321. The third kappa shape index (κ3) is 6.89. The zero-order valence-electron chi connectivity index (χ0n) is 22.2. The summed E-state index contributed by atoms with van der Waals surface area (Å²) in [6.07, 6.45) is 4.66. The first-order chi connectivity index (χ1) is 18.0. The fourth-order valence-corrected chi connectivity index (χ4v) is 5.29. The van der Waals surface area contributed by atoms with Gasteiger partial charge in [0.1, 0.15) is 0 Å². The van der Waals surface area contributed by atoms with Gasteiger partial charge in [0.15, 0.2) is 11.0 Å². The van der Waals surface area contributed by atoms with E-state index >= 15 is 0 Å². The predicted octanol–water partition coefficient (Wildman–Crippen LogP) is 7.40. The first-order valence-corrected chi connectivity index (χ1v) is 14.0. The molecule has 0 aliphatic carbocycles. The second kappa shape index (κ2) is 12.7. The quantitative estimate of drug-likeness (QED) is 0.168. The molecule has 6 heteroatoms. The Labute approximate surface area is 224 Å². The van der Waals surface area contributed by atoms with Crippen LogP contribution in [0.1, 0.15) is 77.6 Å². The standard InChI is InChI=1S/C31H36N4OS/c1-5-6-7-11-25-15-17-26(18-16-25)30(36)32-24(4)29-33-34-31(35(29)28-19-13-22(2)14-20-28)37-21-27-12-9-8-10-23(27)3/h8-10,12-20,24H,5-7,11,21H2,1-4H3,(H,32,36). The maximum absolute atomic E-state index is 13.1. The second-order valence-corrected chi connectivity index (χ2v) is 10.5. The summed E-state index contributed by atoms with van der Waals surface area (Å²) >= 11 is 1.65. The Morgan fingerprint density at radius 3 is 2.38 bits per heavy atom. The van der Waals surface area contributed by atoms with E-state index in [2.05, 4.69) is 102 Å². The summed E-state index contributed by atoms with van der Waals surface area (Å²) in [5.41, 5.74) is 6.62. The topological polar surface area (TPSA) is 59.8 Å². The van der Waals surface area contributed by atoms with Crippen LogP contribution in [0.15, 0.2) is 78.0 Å². The number of hydrogen-bond acceptors (Lipinski definition) is 4. The van der Waals surface area contributed by atoms with E-state index < -0.39 is 0 Å². The Morgan fingerprint density at radius 1 is 0.946 bits per heavy atom. The van der Waals surface area contributed by atoms with Crippen molar-refractivity contribution in [3.05, 3.63) is 106 Å². The lowest BCUT2D eigenvalue weighted by atomic mass is 10.0. The molecule has 1 amide bonds. The molecule has 0 spiro atoms. The molecule has 0 saturated heterocycles. The predicted molar refractivity (Wildman–Crippen MR) is 152 cm³/mol. The average Bonchev–Trinajstić information content (AvgIpc) is 3.33. The maximum Gasteiger partial charge on any atom is 0.251 e. The maximum atomic E-state index is 13.1. The smallest absolute Gasteiger partial charge is 0.251 e. The van der Waals surface area contributed by atoms with Crippen LogP contribution in [0.5, 0.6) is 0 Å². The van der Waals surface area contributed by atoms with Gasteiger partial charge in [-0.05, 0) is 74.6 Å². The van der Waals surface area contributed by atoms with Crippen molar-refractivity contribution in [2.45, 2.75) is 70.3 Å². The van der Waals surface area contributed by atoms with Crippen LogP contribution >= 0.6 is 11.8 Å². The van der Waals surface area contributed by atoms with Crippen LogP contribution in [0, 0.1) is 13.8 Å². The van der Waals surface area contributed by atoms with Crippen molar-refractivity contribution in [3.8, 4) is 5.69 Å². The largest absolute Gasteiger partial charge is 0.342 e. The van der Waals surface area contributed by atoms with Gasteiger partial charge in [-0.2, -0.15) is 0 Å². The number of hydrogen-bond donors (Lipinski definition) is 1. The highest BCUT2D eigenvalue weighted by Crippen LogP contribution is 2.28. The number of carbonyl (C=O) groups excluding carboxylic acids is 1. The number of unbranched alkanes of at least 4 members (excludes halogenated alkanes) is 2. The van der Waals surface area contributed by atoms with Crippen molar-refractivity contribution in [1.29, 1.82) is 0 Å². The van der Waals surface area contributed by atoms with Gasteiger partial charge in [0.05, 0.1) is 6.04 Å². The van der Waals surface area contributed by atoms with Crippen LogP contribution < -0.4 is 5.32 Å². The van der Waals surface area contributed by atoms with Crippen molar-refractivity contribution < 1.29 is 4.79 Å². The van der Waals surface area contributed by atoms with E-state index in [-0.39, 0.29) is 11.9 Å². The third-order valence-electron chi connectivity index (χ3n) is 6.59. The van der Waals surface area contributed by atoms with Gasteiger partial charge in [-0.15, -0.1) is 10.2 Å². The van der Waals surface area contributed by atoms with Gasteiger partial charge in [-0.25, -0.2) is 0 Å². The lowest BCUT2D eigenvalue weighted by Crippen LogP contribution is -2.28. The molecule has 1 unspecified atom stereocenters.